The van der Waals surface area contributed by atoms with Crippen molar-refractivity contribution < 1.29 is 14.4 Å². The van der Waals surface area contributed by atoms with Gasteiger partial charge >= 0.3 is 0 Å². The molecule has 8 heteroatoms. The number of thioether (sulfide) groups is 1. The second-order valence-electron chi connectivity index (χ2n) is 9.07. The molecule has 2 aromatic rings. The van der Waals surface area contributed by atoms with Crippen LogP contribution in [0.5, 0.6) is 0 Å². The van der Waals surface area contributed by atoms with Gasteiger partial charge in [0.05, 0.1) is 11.4 Å². The fourth-order valence-corrected chi connectivity index (χ4v) is 5.63. The summed E-state index contributed by atoms with van der Waals surface area (Å²) in [5.74, 6) is 0.465. The van der Waals surface area contributed by atoms with Crippen LogP contribution in [0.15, 0.2) is 64.6 Å². The molecule has 1 aliphatic carbocycles. The van der Waals surface area contributed by atoms with Crippen molar-refractivity contribution in [3.8, 4) is 0 Å². The van der Waals surface area contributed by atoms with E-state index in [1.54, 1.807) is 12.1 Å². The van der Waals surface area contributed by atoms with E-state index in [4.69, 9.17) is 4.99 Å². The summed E-state index contributed by atoms with van der Waals surface area (Å²) in [5.41, 5.74) is 2.13. The van der Waals surface area contributed by atoms with Crippen molar-refractivity contribution in [1.29, 1.82) is 0 Å². The number of Topliss-reactive ketones (excluding diaryl/α,β-unsaturated/α-hetero) is 1. The third kappa shape index (κ3) is 5.22. The summed E-state index contributed by atoms with van der Waals surface area (Å²) in [5, 5.41) is 3.57. The first-order valence-corrected chi connectivity index (χ1v) is 13.2. The Balaban J connectivity index is 1.29. The van der Waals surface area contributed by atoms with Crippen LogP contribution in [0.25, 0.3) is 0 Å². The van der Waals surface area contributed by atoms with Crippen molar-refractivity contribution in [2.24, 2.45) is 9.98 Å². The minimum absolute atomic E-state index is 0.0214. The highest BCUT2D eigenvalue weighted by molar-refractivity contribution is 8.14. The van der Waals surface area contributed by atoms with Crippen LogP contribution >= 0.6 is 11.8 Å². The Kier molecular flexibility index (Phi) is 7.08. The maximum Gasteiger partial charge on any atom is 0.259 e. The quantitative estimate of drug-likeness (QED) is 0.582. The minimum Gasteiger partial charge on any atom is -0.353 e. The predicted molar refractivity (Wildman–Crippen MR) is 138 cm³/mol. The zero-order valence-corrected chi connectivity index (χ0v) is 20.3. The van der Waals surface area contributed by atoms with Gasteiger partial charge in [-0.25, -0.2) is 9.89 Å². The number of hydrogen-bond acceptors (Lipinski definition) is 6. The summed E-state index contributed by atoms with van der Waals surface area (Å²) in [7, 11) is 0. The van der Waals surface area contributed by atoms with E-state index in [-0.39, 0.29) is 35.8 Å². The summed E-state index contributed by atoms with van der Waals surface area (Å²) in [6.45, 7) is 0. The predicted octanol–water partition coefficient (Wildman–Crippen LogP) is 4.49. The Bertz CT molecular complexity index is 1190. The maximum absolute atomic E-state index is 13.4. The fourth-order valence-electron chi connectivity index (χ4n) is 4.74. The molecule has 2 aromatic carbocycles. The largest absolute Gasteiger partial charge is 0.353 e. The van der Waals surface area contributed by atoms with Gasteiger partial charge in [-0.3, -0.25) is 19.4 Å². The molecule has 1 atom stereocenters. The molecule has 0 saturated heterocycles. The molecule has 0 radical (unpaired) electrons. The molecular weight excluding hydrogens is 460 g/mol. The minimum atomic E-state index is -0.635. The number of benzene rings is 2. The summed E-state index contributed by atoms with van der Waals surface area (Å²) in [6, 6.07) is 16.3. The van der Waals surface area contributed by atoms with Gasteiger partial charge in [-0.15, -0.1) is 0 Å². The third-order valence-corrected chi connectivity index (χ3v) is 7.53. The molecule has 1 fully saturated rings. The molecule has 3 aliphatic rings. The van der Waals surface area contributed by atoms with Gasteiger partial charge in [0, 0.05) is 23.6 Å². The Labute approximate surface area is 209 Å². The van der Waals surface area contributed by atoms with E-state index in [9.17, 15) is 14.4 Å². The van der Waals surface area contributed by atoms with E-state index >= 15 is 0 Å². The van der Waals surface area contributed by atoms with E-state index in [1.807, 2.05) is 42.5 Å². The van der Waals surface area contributed by atoms with Gasteiger partial charge in [-0.05, 0) is 31.4 Å². The van der Waals surface area contributed by atoms with Gasteiger partial charge in [-0.1, -0.05) is 73.5 Å². The molecule has 1 saturated carbocycles. The van der Waals surface area contributed by atoms with Crippen LogP contribution in [-0.2, 0) is 9.59 Å². The molecule has 35 heavy (non-hydrogen) atoms. The number of nitrogens with zero attached hydrogens (tertiary/aromatic N) is 3. The Morgan fingerprint density at radius 3 is 2.54 bits per heavy atom. The zero-order valence-electron chi connectivity index (χ0n) is 19.5. The Morgan fingerprint density at radius 2 is 1.74 bits per heavy atom. The first kappa shape index (κ1) is 23.5. The van der Waals surface area contributed by atoms with E-state index in [0.717, 1.165) is 36.9 Å². The zero-order chi connectivity index (χ0) is 24.2. The second-order valence-corrected chi connectivity index (χ2v) is 10.0. The molecule has 0 unspecified atom stereocenters. The monoisotopic (exact) mass is 488 g/mol. The highest BCUT2D eigenvalue weighted by Crippen LogP contribution is 2.34. The lowest BCUT2D eigenvalue weighted by Crippen LogP contribution is -2.41. The topological polar surface area (TPSA) is 91.2 Å². The third-order valence-electron chi connectivity index (χ3n) is 6.59. The summed E-state index contributed by atoms with van der Waals surface area (Å²) in [4.78, 5) is 49.5. The van der Waals surface area contributed by atoms with Gasteiger partial charge in [-0.2, -0.15) is 0 Å². The molecule has 0 bridgehead atoms. The van der Waals surface area contributed by atoms with Crippen LogP contribution in [-0.4, -0.2) is 51.3 Å². The highest BCUT2D eigenvalue weighted by Gasteiger charge is 2.41. The lowest BCUT2D eigenvalue weighted by Gasteiger charge is -2.25. The number of ketones is 1. The number of nitrogens with one attached hydrogen (secondary N) is 1. The molecule has 2 aliphatic heterocycles. The number of amidine groups is 2. The van der Waals surface area contributed by atoms with Crippen LogP contribution < -0.4 is 5.32 Å². The second kappa shape index (κ2) is 10.6. The Hall–Kier alpha value is -3.26. The molecule has 1 N–H and O–H groups in total. The van der Waals surface area contributed by atoms with Crippen molar-refractivity contribution in [3.63, 3.8) is 0 Å². The molecular formula is C27H28N4O3S. The average Bonchev–Trinajstić information content (AvgIpc) is 3.23. The number of amides is 2. The molecule has 2 amide bonds. The van der Waals surface area contributed by atoms with Gasteiger partial charge in [0.25, 0.3) is 5.91 Å². The maximum atomic E-state index is 13.4. The first-order valence-electron chi connectivity index (χ1n) is 12.2. The molecule has 180 valence electrons. The standard InChI is InChI=1S/C27H28N4O3S/c32-23(18-9-3-1-4-10-18)17-35-27-30-21-14-8-7-13-20(21)25-29-22(26(34)31(25)27)15-16-24(33)28-19-11-5-2-6-12-19/h1,3-4,7-10,13-14,19,22H,2,5-6,11-12,15-17H2,(H,28,33)/t22-/m0/s1. The molecule has 0 aromatic heterocycles. The van der Waals surface area contributed by atoms with Gasteiger partial charge in [0.1, 0.15) is 11.9 Å². The van der Waals surface area contributed by atoms with E-state index < -0.39 is 6.04 Å². The number of para-hydroxylation sites is 1. The Morgan fingerprint density at radius 1 is 1.00 bits per heavy atom. The van der Waals surface area contributed by atoms with Crippen molar-refractivity contribution in [2.75, 3.05) is 5.75 Å². The highest BCUT2D eigenvalue weighted by atomic mass is 32.2. The van der Waals surface area contributed by atoms with Crippen LogP contribution in [0, 0.1) is 0 Å². The van der Waals surface area contributed by atoms with Crippen LogP contribution in [0.1, 0.15) is 60.9 Å². The molecule has 2 heterocycles. The number of aliphatic imine (C=N–C) groups is 2. The van der Waals surface area contributed by atoms with Gasteiger partial charge in [0.15, 0.2) is 11.0 Å². The number of hydrogen-bond donors (Lipinski definition) is 1. The van der Waals surface area contributed by atoms with E-state index in [0.29, 0.717) is 23.0 Å². The van der Waals surface area contributed by atoms with Crippen molar-refractivity contribution in [3.05, 3.63) is 65.7 Å². The summed E-state index contributed by atoms with van der Waals surface area (Å²) in [6.07, 6.45) is 6.20. The smallest absolute Gasteiger partial charge is 0.259 e. The lowest BCUT2D eigenvalue weighted by molar-refractivity contribution is -0.125. The van der Waals surface area contributed by atoms with Gasteiger partial charge < -0.3 is 5.32 Å². The number of carbonyl (C=O) groups excluding carboxylic acids is 3. The average molecular weight is 489 g/mol. The molecule has 0 spiro atoms. The van der Waals surface area contributed by atoms with Crippen molar-refractivity contribution >= 4 is 46.1 Å². The van der Waals surface area contributed by atoms with Gasteiger partial charge in [0.2, 0.25) is 5.91 Å². The van der Waals surface area contributed by atoms with Crippen LogP contribution in [0.4, 0.5) is 5.69 Å². The lowest BCUT2D eigenvalue weighted by atomic mass is 9.95. The molecule has 7 nitrogen and oxygen atoms in total. The number of fused-ring (bicyclic) bond motifs is 3. The van der Waals surface area contributed by atoms with E-state index in [1.165, 1.54) is 23.1 Å². The van der Waals surface area contributed by atoms with E-state index in [2.05, 4.69) is 10.3 Å². The normalized spacial score (nSPS) is 19.5. The van der Waals surface area contributed by atoms with Crippen molar-refractivity contribution in [1.82, 2.24) is 10.2 Å². The van der Waals surface area contributed by atoms with Crippen LogP contribution in [0.2, 0.25) is 0 Å². The first-order chi connectivity index (χ1) is 17.1. The van der Waals surface area contributed by atoms with Crippen molar-refractivity contribution in [2.45, 2.75) is 57.0 Å². The van der Waals surface area contributed by atoms with Crippen LogP contribution in [0.3, 0.4) is 0 Å². The summed E-state index contributed by atoms with van der Waals surface area (Å²) < 4.78 is 0. The fraction of sp³-hybridized carbons (Fsp3) is 0.370. The number of rotatable bonds is 7. The SMILES string of the molecule is O=C(CC[C@@H]1N=C2c3ccccc3N=C(SCC(=O)c3ccccc3)N2C1=O)NC1CCCCC1. The number of carbonyl (C=O) groups is 3. The molecule has 5 rings (SSSR count). The summed E-state index contributed by atoms with van der Waals surface area (Å²) >= 11 is 1.24.